The van der Waals surface area contributed by atoms with E-state index < -0.39 is 5.82 Å². The predicted octanol–water partition coefficient (Wildman–Crippen LogP) is 3.18. The second-order valence-electron chi connectivity index (χ2n) is 4.73. The molecule has 0 fully saturated rings. The smallest absolute Gasteiger partial charge is 0.315 e. The lowest BCUT2D eigenvalue weighted by atomic mass is 10.2. The highest BCUT2D eigenvalue weighted by Crippen LogP contribution is 2.30. The highest BCUT2D eigenvalue weighted by Gasteiger charge is 2.14. The molecule has 9 heteroatoms. The highest BCUT2D eigenvalue weighted by atomic mass is 79.9. The Hall–Kier alpha value is -2.52. The fraction of sp³-hybridized carbons (Fsp3) is 0.133. The van der Waals surface area contributed by atoms with Gasteiger partial charge in [-0.05, 0) is 24.3 Å². The molecule has 1 aromatic carbocycles. The van der Waals surface area contributed by atoms with Crippen molar-refractivity contribution >= 4 is 33.3 Å². The lowest BCUT2D eigenvalue weighted by Crippen LogP contribution is -2.05. The molecule has 0 radical (unpaired) electrons. The molecule has 3 rings (SSSR count). The molecule has 0 unspecified atom stereocenters. The molecule has 2 aromatic heterocycles. The zero-order valence-electron chi connectivity index (χ0n) is 12.3. The Labute approximate surface area is 145 Å². The van der Waals surface area contributed by atoms with E-state index in [-0.39, 0.29) is 18.5 Å². The van der Waals surface area contributed by atoms with Crippen LogP contribution in [0.15, 0.2) is 45.5 Å². The summed E-state index contributed by atoms with van der Waals surface area (Å²) in [5.74, 6) is -0.159. The third kappa shape index (κ3) is 3.69. The molecule has 3 N–H and O–H groups in total. The SMILES string of the molecule is OCCNc1nnc(-c2ccncc2Nc2ccc(Br)cc2F)o1. The van der Waals surface area contributed by atoms with Crippen LogP contribution >= 0.6 is 15.9 Å². The molecule has 24 heavy (non-hydrogen) atoms. The van der Waals surface area contributed by atoms with Crippen LogP contribution in [0.5, 0.6) is 0 Å². The topological polar surface area (TPSA) is 96.1 Å². The van der Waals surface area contributed by atoms with Gasteiger partial charge in [0.15, 0.2) is 0 Å². The first-order chi connectivity index (χ1) is 11.7. The molecule has 0 aliphatic rings. The molecule has 7 nitrogen and oxygen atoms in total. The number of benzene rings is 1. The van der Waals surface area contributed by atoms with E-state index in [4.69, 9.17) is 9.52 Å². The van der Waals surface area contributed by atoms with Gasteiger partial charge < -0.3 is 20.2 Å². The number of anilines is 3. The molecular formula is C15H13BrFN5O2. The average Bonchev–Trinajstić information content (AvgIpc) is 3.05. The molecule has 0 spiro atoms. The van der Waals surface area contributed by atoms with Gasteiger partial charge in [-0.1, -0.05) is 21.0 Å². The van der Waals surface area contributed by atoms with E-state index in [1.54, 1.807) is 30.6 Å². The number of hydrogen-bond acceptors (Lipinski definition) is 7. The quantitative estimate of drug-likeness (QED) is 0.591. The first-order valence-corrected chi connectivity index (χ1v) is 7.81. The van der Waals surface area contributed by atoms with Gasteiger partial charge in [-0.2, -0.15) is 0 Å². The zero-order chi connectivity index (χ0) is 16.9. The molecule has 0 atom stereocenters. The van der Waals surface area contributed by atoms with Crippen molar-refractivity contribution in [3.63, 3.8) is 0 Å². The maximum atomic E-state index is 14.0. The number of pyridine rings is 1. The molecule has 0 saturated heterocycles. The zero-order valence-corrected chi connectivity index (χ0v) is 13.9. The number of aromatic nitrogens is 3. The van der Waals surface area contributed by atoms with E-state index in [0.29, 0.717) is 28.0 Å². The van der Waals surface area contributed by atoms with Gasteiger partial charge in [0.2, 0.25) is 0 Å². The molecule has 0 aliphatic carbocycles. The monoisotopic (exact) mass is 393 g/mol. The van der Waals surface area contributed by atoms with Crippen molar-refractivity contribution in [2.45, 2.75) is 0 Å². The Morgan fingerprint density at radius 1 is 1.21 bits per heavy atom. The van der Waals surface area contributed by atoms with Gasteiger partial charge in [0.25, 0.3) is 5.89 Å². The minimum Gasteiger partial charge on any atom is -0.403 e. The van der Waals surface area contributed by atoms with E-state index in [1.807, 2.05) is 0 Å². The Morgan fingerprint density at radius 2 is 2.08 bits per heavy atom. The standard InChI is InChI=1S/C15H13BrFN5O2/c16-9-1-2-12(11(17)7-9)20-13-8-18-4-3-10(13)14-21-22-15(24-14)19-5-6-23/h1-4,7-8,20,23H,5-6H2,(H,19,22). The Bertz CT molecular complexity index is 842. The average molecular weight is 394 g/mol. The summed E-state index contributed by atoms with van der Waals surface area (Å²) in [6, 6.07) is 6.57. The van der Waals surface area contributed by atoms with Crippen LogP contribution in [0.3, 0.4) is 0 Å². The number of nitrogens with one attached hydrogen (secondary N) is 2. The summed E-state index contributed by atoms with van der Waals surface area (Å²) in [7, 11) is 0. The Balaban J connectivity index is 1.89. The fourth-order valence-electron chi connectivity index (χ4n) is 1.98. The van der Waals surface area contributed by atoms with E-state index in [1.165, 1.54) is 6.07 Å². The summed E-state index contributed by atoms with van der Waals surface area (Å²) in [5, 5.41) is 22.3. The largest absolute Gasteiger partial charge is 0.403 e. The van der Waals surface area contributed by atoms with Gasteiger partial charge in [-0.25, -0.2) is 4.39 Å². The molecule has 124 valence electrons. The van der Waals surface area contributed by atoms with Crippen LogP contribution in [-0.2, 0) is 0 Å². The van der Waals surface area contributed by atoms with Crippen LogP contribution in [0.2, 0.25) is 0 Å². The fourth-order valence-corrected chi connectivity index (χ4v) is 2.32. The van der Waals surface area contributed by atoms with E-state index >= 15 is 0 Å². The summed E-state index contributed by atoms with van der Waals surface area (Å²) >= 11 is 3.22. The van der Waals surface area contributed by atoms with Crippen molar-refractivity contribution in [3.8, 4) is 11.5 Å². The van der Waals surface area contributed by atoms with Crippen LogP contribution in [-0.4, -0.2) is 33.4 Å². The Kier molecular flexibility index (Phi) is 5.02. The third-order valence-corrected chi connectivity index (χ3v) is 3.56. The second-order valence-corrected chi connectivity index (χ2v) is 5.65. The number of halogens is 2. The first kappa shape index (κ1) is 16.3. The van der Waals surface area contributed by atoms with Gasteiger partial charge in [0, 0.05) is 17.2 Å². The summed E-state index contributed by atoms with van der Waals surface area (Å²) in [6.07, 6.45) is 3.12. The summed E-state index contributed by atoms with van der Waals surface area (Å²) < 4.78 is 20.1. The molecule has 0 saturated carbocycles. The van der Waals surface area contributed by atoms with Crippen LogP contribution < -0.4 is 10.6 Å². The van der Waals surface area contributed by atoms with E-state index in [0.717, 1.165) is 0 Å². The first-order valence-electron chi connectivity index (χ1n) is 7.02. The minimum atomic E-state index is -0.407. The lowest BCUT2D eigenvalue weighted by molar-refractivity contribution is 0.309. The minimum absolute atomic E-state index is 0.0530. The number of nitrogens with zero attached hydrogens (tertiary/aromatic N) is 3. The van der Waals surface area contributed by atoms with Gasteiger partial charge in [0.1, 0.15) is 5.82 Å². The van der Waals surface area contributed by atoms with Gasteiger partial charge in [-0.15, -0.1) is 5.10 Å². The number of aliphatic hydroxyl groups excluding tert-OH is 1. The summed E-state index contributed by atoms with van der Waals surface area (Å²) in [6.45, 7) is 0.246. The van der Waals surface area contributed by atoms with Gasteiger partial charge in [0.05, 0.1) is 29.7 Å². The number of aliphatic hydroxyl groups is 1. The van der Waals surface area contributed by atoms with Crippen LogP contribution in [0.1, 0.15) is 0 Å². The Morgan fingerprint density at radius 3 is 2.88 bits per heavy atom. The van der Waals surface area contributed by atoms with Crippen molar-refractivity contribution in [1.29, 1.82) is 0 Å². The second kappa shape index (κ2) is 7.37. The molecule has 0 bridgehead atoms. The third-order valence-electron chi connectivity index (χ3n) is 3.06. The predicted molar refractivity (Wildman–Crippen MR) is 90.5 cm³/mol. The summed E-state index contributed by atoms with van der Waals surface area (Å²) in [4.78, 5) is 4.04. The molecular weight excluding hydrogens is 381 g/mol. The molecule has 0 amide bonds. The van der Waals surface area contributed by atoms with E-state index in [9.17, 15) is 4.39 Å². The maximum Gasteiger partial charge on any atom is 0.315 e. The van der Waals surface area contributed by atoms with Crippen LogP contribution in [0, 0.1) is 5.82 Å². The number of rotatable bonds is 6. The molecule has 3 aromatic rings. The van der Waals surface area contributed by atoms with Gasteiger partial charge >= 0.3 is 6.01 Å². The molecule has 0 aliphatic heterocycles. The van der Waals surface area contributed by atoms with Crippen LogP contribution in [0.4, 0.5) is 21.8 Å². The molecule has 2 heterocycles. The summed E-state index contributed by atoms with van der Waals surface area (Å²) in [5.41, 5.74) is 1.40. The maximum absolute atomic E-state index is 14.0. The number of hydrogen-bond donors (Lipinski definition) is 3. The van der Waals surface area contributed by atoms with E-state index in [2.05, 4.69) is 41.7 Å². The van der Waals surface area contributed by atoms with Crippen molar-refractivity contribution in [1.82, 2.24) is 15.2 Å². The van der Waals surface area contributed by atoms with Crippen molar-refractivity contribution in [2.24, 2.45) is 0 Å². The van der Waals surface area contributed by atoms with Crippen molar-refractivity contribution in [2.75, 3.05) is 23.8 Å². The van der Waals surface area contributed by atoms with Crippen LogP contribution in [0.25, 0.3) is 11.5 Å². The highest BCUT2D eigenvalue weighted by molar-refractivity contribution is 9.10. The lowest BCUT2D eigenvalue weighted by Gasteiger charge is -2.10. The van der Waals surface area contributed by atoms with Crippen molar-refractivity contribution < 1.29 is 13.9 Å². The van der Waals surface area contributed by atoms with Gasteiger partial charge in [-0.3, -0.25) is 4.98 Å². The normalized spacial score (nSPS) is 10.6. The van der Waals surface area contributed by atoms with Crippen molar-refractivity contribution in [3.05, 3.63) is 46.9 Å².